The van der Waals surface area contributed by atoms with E-state index < -0.39 is 0 Å². The van der Waals surface area contributed by atoms with Crippen molar-refractivity contribution in [3.05, 3.63) is 27.9 Å². The number of halogens is 1. The van der Waals surface area contributed by atoms with Crippen LogP contribution in [-0.2, 0) is 0 Å². The molecule has 84 valence electrons. The van der Waals surface area contributed by atoms with E-state index in [0.29, 0.717) is 0 Å². The average molecular weight is 281 g/mol. The van der Waals surface area contributed by atoms with Crippen molar-refractivity contribution in [3.8, 4) is 5.75 Å². The van der Waals surface area contributed by atoms with Gasteiger partial charge in [-0.3, -0.25) is 4.98 Å². The zero-order valence-corrected chi connectivity index (χ0v) is 11.1. The van der Waals surface area contributed by atoms with Crippen LogP contribution >= 0.6 is 15.9 Å². The lowest BCUT2D eigenvalue weighted by molar-refractivity contribution is 0.420. The first-order chi connectivity index (χ1) is 7.56. The predicted octanol–water partition coefficient (Wildman–Crippen LogP) is 3.20. The highest BCUT2D eigenvalue weighted by Gasteiger charge is 2.13. The molecule has 1 heterocycles. The molecule has 0 fully saturated rings. The molecule has 0 saturated carbocycles. The zero-order valence-electron chi connectivity index (χ0n) is 9.47. The average Bonchev–Trinajstić information content (AvgIpc) is 2.27. The Bertz CT molecular complexity index is 567. The number of fused-ring (bicyclic) bond motifs is 1. The maximum absolute atomic E-state index is 6.12. The molecule has 1 aromatic carbocycles. The summed E-state index contributed by atoms with van der Waals surface area (Å²) >= 11 is 3.48. The molecule has 0 amide bonds. The fourth-order valence-electron chi connectivity index (χ4n) is 1.72. The number of hydrogen-bond acceptors (Lipinski definition) is 3. The monoisotopic (exact) mass is 280 g/mol. The van der Waals surface area contributed by atoms with Crippen molar-refractivity contribution in [3.63, 3.8) is 0 Å². The maximum Gasteiger partial charge on any atom is 0.130 e. The first-order valence-corrected chi connectivity index (χ1v) is 5.74. The summed E-state index contributed by atoms with van der Waals surface area (Å²) < 4.78 is 6.25. The maximum atomic E-state index is 6.12. The SMILES string of the molecule is COc1ccc(Br)c2nc(C)c(C)c(N)c12. The Kier molecular flexibility index (Phi) is 2.76. The van der Waals surface area contributed by atoms with Crippen LogP contribution in [0, 0.1) is 13.8 Å². The van der Waals surface area contributed by atoms with Crippen molar-refractivity contribution in [2.75, 3.05) is 12.8 Å². The number of rotatable bonds is 1. The van der Waals surface area contributed by atoms with Crippen LogP contribution in [-0.4, -0.2) is 12.1 Å². The third kappa shape index (κ3) is 1.53. The van der Waals surface area contributed by atoms with E-state index in [1.54, 1.807) is 7.11 Å². The van der Waals surface area contributed by atoms with E-state index in [1.807, 2.05) is 26.0 Å². The molecule has 16 heavy (non-hydrogen) atoms. The molecule has 1 aromatic heterocycles. The molecule has 0 unspecified atom stereocenters. The molecular weight excluding hydrogens is 268 g/mol. The molecule has 4 heteroatoms. The summed E-state index contributed by atoms with van der Waals surface area (Å²) in [7, 11) is 1.64. The van der Waals surface area contributed by atoms with Gasteiger partial charge in [-0.15, -0.1) is 0 Å². The molecule has 2 aromatic rings. The number of benzene rings is 1. The Morgan fingerprint density at radius 3 is 2.62 bits per heavy atom. The number of nitrogens with zero attached hydrogens (tertiary/aromatic N) is 1. The summed E-state index contributed by atoms with van der Waals surface area (Å²) in [5, 5.41) is 0.875. The summed E-state index contributed by atoms with van der Waals surface area (Å²) in [5.41, 5.74) is 9.65. The Balaban J connectivity index is 2.99. The molecule has 0 saturated heterocycles. The first kappa shape index (κ1) is 11.2. The van der Waals surface area contributed by atoms with Gasteiger partial charge < -0.3 is 10.5 Å². The molecule has 0 spiro atoms. The second-order valence-corrected chi connectivity index (χ2v) is 4.56. The Labute approximate surface area is 103 Å². The predicted molar refractivity (Wildman–Crippen MR) is 69.9 cm³/mol. The topological polar surface area (TPSA) is 48.1 Å². The van der Waals surface area contributed by atoms with E-state index in [2.05, 4.69) is 20.9 Å². The van der Waals surface area contributed by atoms with E-state index >= 15 is 0 Å². The number of hydrogen-bond donors (Lipinski definition) is 1. The van der Waals surface area contributed by atoms with Gasteiger partial charge in [0, 0.05) is 15.9 Å². The van der Waals surface area contributed by atoms with Crippen molar-refractivity contribution in [2.45, 2.75) is 13.8 Å². The Morgan fingerprint density at radius 1 is 1.31 bits per heavy atom. The van der Waals surface area contributed by atoms with Crippen molar-refractivity contribution in [1.82, 2.24) is 4.98 Å². The standard InChI is InChI=1S/C12H13BrN2O/c1-6-7(2)15-12-8(13)4-5-9(16-3)10(12)11(6)14/h4-5H,1-3H3,(H2,14,15). The van der Waals surface area contributed by atoms with Crippen molar-refractivity contribution < 1.29 is 4.74 Å². The highest BCUT2D eigenvalue weighted by Crippen LogP contribution is 2.36. The van der Waals surface area contributed by atoms with Gasteiger partial charge in [-0.25, -0.2) is 0 Å². The molecule has 0 atom stereocenters. The molecule has 2 N–H and O–H groups in total. The summed E-state index contributed by atoms with van der Waals surface area (Å²) in [4.78, 5) is 4.54. The van der Waals surface area contributed by atoms with Gasteiger partial charge in [0.25, 0.3) is 0 Å². The van der Waals surface area contributed by atoms with Crippen LogP contribution in [0.2, 0.25) is 0 Å². The third-order valence-corrected chi connectivity index (χ3v) is 3.45. The summed E-state index contributed by atoms with van der Waals surface area (Å²) in [6.07, 6.45) is 0. The number of nitrogens with two attached hydrogens (primary N) is 1. The van der Waals surface area contributed by atoms with Crippen molar-refractivity contribution >= 4 is 32.5 Å². The number of pyridine rings is 1. The quantitative estimate of drug-likeness (QED) is 0.873. The van der Waals surface area contributed by atoms with Gasteiger partial charge in [0.2, 0.25) is 0 Å². The normalized spacial score (nSPS) is 10.8. The first-order valence-electron chi connectivity index (χ1n) is 4.95. The molecule has 3 nitrogen and oxygen atoms in total. The Hall–Kier alpha value is -1.29. The van der Waals surface area contributed by atoms with E-state index in [1.165, 1.54) is 0 Å². The molecule has 2 rings (SSSR count). The summed E-state index contributed by atoms with van der Waals surface area (Å²) in [6, 6.07) is 3.81. The van der Waals surface area contributed by atoms with Gasteiger partial charge in [0.1, 0.15) is 5.75 Å². The molecule has 0 radical (unpaired) electrons. The number of methoxy groups -OCH3 is 1. The minimum Gasteiger partial charge on any atom is -0.496 e. The van der Waals surface area contributed by atoms with Gasteiger partial charge in [-0.1, -0.05) is 0 Å². The molecule has 0 bridgehead atoms. The zero-order chi connectivity index (χ0) is 11.9. The molecule has 0 aliphatic rings. The number of ether oxygens (including phenoxy) is 1. The fourth-order valence-corrected chi connectivity index (χ4v) is 2.14. The second-order valence-electron chi connectivity index (χ2n) is 3.71. The number of aryl methyl sites for hydroxylation is 1. The van der Waals surface area contributed by atoms with Crippen LogP contribution in [0.15, 0.2) is 16.6 Å². The van der Waals surface area contributed by atoms with Crippen LogP contribution < -0.4 is 10.5 Å². The van der Waals surface area contributed by atoms with Crippen molar-refractivity contribution in [2.24, 2.45) is 0 Å². The number of nitrogen functional groups attached to an aromatic ring is 1. The van der Waals surface area contributed by atoms with E-state index in [-0.39, 0.29) is 0 Å². The van der Waals surface area contributed by atoms with Crippen molar-refractivity contribution in [1.29, 1.82) is 0 Å². The van der Waals surface area contributed by atoms with E-state index in [9.17, 15) is 0 Å². The lowest BCUT2D eigenvalue weighted by atomic mass is 10.1. The van der Waals surface area contributed by atoms with Gasteiger partial charge in [0.15, 0.2) is 0 Å². The van der Waals surface area contributed by atoms with Crippen LogP contribution in [0.1, 0.15) is 11.3 Å². The van der Waals surface area contributed by atoms with Crippen LogP contribution in [0.5, 0.6) is 5.75 Å². The van der Waals surface area contributed by atoms with Crippen LogP contribution in [0.25, 0.3) is 10.9 Å². The second kappa shape index (κ2) is 3.94. The van der Waals surface area contributed by atoms with Gasteiger partial charge in [0.05, 0.1) is 18.0 Å². The Morgan fingerprint density at radius 2 is 2.00 bits per heavy atom. The third-order valence-electron chi connectivity index (χ3n) is 2.81. The minimum atomic E-state index is 0.737. The van der Waals surface area contributed by atoms with Gasteiger partial charge in [-0.2, -0.15) is 0 Å². The largest absolute Gasteiger partial charge is 0.496 e. The number of anilines is 1. The highest BCUT2D eigenvalue weighted by atomic mass is 79.9. The van der Waals surface area contributed by atoms with Gasteiger partial charge >= 0.3 is 0 Å². The van der Waals surface area contributed by atoms with Crippen LogP contribution in [0.3, 0.4) is 0 Å². The lowest BCUT2D eigenvalue weighted by Crippen LogP contribution is -1.99. The summed E-state index contributed by atoms with van der Waals surface area (Å²) in [5.74, 6) is 0.756. The molecular formula is C12H13BrN2O. The van der Waals surface area contributed by atoms with E-state index in [4.69, 9.17) is 10.5 Å². The highest BCUT2D eigenvalue weighted by molar-refractivity contribution is 9.10. The molecule has 0 aliphatic carbocycles. The van der Waals surface area contributed by atoms with Gasteiger partial charge in [-0.05, 0) is 47.5 Å². The molecule has 0 aliphatic heterocycles. The lowest BCUT2D eigenvalue weighted by Gasteiger charge is -2.12. The fraction of sp³-hybridized carbons (Fsp3) is 0.250. The van der Waals surface area contributed by atoms with E-state index in [0.717, 1.165) is 38.1 Å². The smallest absolute Gasteiger partial charge is 0.130 e. The van der Waals surface area contributed by atoms with Crippen LogP contribution in [0.4, 0.5) is 5.69 Å². The summed E-state index contributed by atoms with van der Waals surface area (Å²) in [6.45, 7) is 3.93. The number of aromatic nitrogens is 1. The minimum absolute atomic E-state index is 0.737.